The number of rotatable bonds is 5. The first-order valence-corrected chi connectivity index (χ1v) is 9.28. The third-order valence-corrected chi connectivity index (χ3v) is 5.10. The summed E-state index contributed by atoms with van der Waals surface area (Å²) in [5.41, 5.74) is 3.04. The van der Waals surface area contributed by atoms with Gasteiger partial charge in [-0.2, -0.15) is 0 Å². The third-order valence-electron chi connectivity index (χ3n) is 5.10. The minimum atomic E-state index is -0.0461. The Morgan fingerprint density at radius 2 is 1.62 bits per heavy atom. The van der Waals surface area contributed by atoms with E-state index in [2.05, 4.69) is 17.4 Å². The van der Waals surface area contributed by atoms with Crippen LogP contribution in [0.2, 0.25) is 0 Å². The number of hydrogen-bond donors (Lipinski definition) is 1. The Kier molecular flexibility index (Phi) is 6.05. The average Bonchev–Trinajstić information content (AvgIpc) is 2.68. The fourth-order valence-corrected chi connectivity index (χ4v) is 3.46. The van der Waals surface area contributed by atoms with E-state index in [9.17, 15) is 9.59 Å². The van der Waals surface area contributed by atoms with Crippen LogP contribution < -0.4 is 5.32 Å². The van der Waals surface area contributed by atoms with Gasteiger partial charge >= 0.3 is 0 Å². The van der Waals surface area contributed by atoms with Gasteiger partial charge in [-0.25, -0.2) is 0 Å². The van der Waals surface area contributed by atoms with E-state index in [1.165, 1.54) is 5.56 Å². The van der Waals surface area contributed by atoms with Gasteiger partial charge in [-0.1, -0.05) is 42.5 Å². The molecule has 0 atom stereocenters. The van der Waals surface area contributed by atoms with Crippen LogP contribution in [0.5, 0.6) is 0 Å². The number of amides is 2. The van der Waals surface area contributed by atoms with Gasteiger partial charge in [0.1, 0.15) is 0 Å². The molecule has 0 aromatic heterocycles. The van der Waals surface area contributed by atoms with Crippen LogP contribution in [0.1, 0.15) is 41.3 Å². The number of nitrogens with zero attached hydrogens (tertiary/aromatic N) is 1. The minimum Gasteiger partial charge on any atom is -0.348 e. The van der Waals surface area contributed by atoms with E-state index in [0.717, 1.165) is 37.9 Å². The van der Waals surface area contributed by atoms with Crippen LogP contribution in [0.15, 0.2) is 54.6 Å². The van der Waals surface area contributed by atoms with Crippen LogP contribution in [0.4, 0.5) is 0 Å². The van der Waals surface area contributed by atoms with E-state index in [4.69, 9.17) is 0 Å². The van der Waals surface area contributed by atoms with Gasteiger partial charge in [0.25, 0.3) is 5.91 Å². The van der Waals surface area contributed by atoms with E-state index in [1.54, 1.807) is 6.92 Å². The van der Waals surface area contributed by atoms with Crippen molar-refractivity contribution in [3.63, 3.8) is 0 Å². The standard InChI is InChI=1S/C22H26N2O2/c1-17(25)24-13-11-19(12-14-24)15-18-7-9-21(10-8-18)22(26)23-16-20-5-3-2-4-6-20/h2-10,19H,11-16H2,1H3,(H,23,26). The van der Waals surface area contributed by atoms with Gasteiger partial charge in [0.2, 0.25) is 5.91 Å². The van der Waals surface area contributed by atoms with Crippen molar-refractivity contribution in [3.8, 4) is 0 Å². The summed E-state index contributed by atoms with van der Waals surface area (Å²) >= 11 is 0. The molecule has 4 heteroatoms. The molecule has 0 aliphatic carbocycles. The van der Waals surface area contributed by atoms with Gasteiger partial charge in [0, 0.05) is 32.1 Å². The highest BCUT2D eigenvalue weighted by Gasteiger charge is 2.20. The molecule has 2 aromatic carbocycles. The first-order valence-electron chi connectivity index (χ1n) is 9.28. The van der Waals surface area contributed by atoms with E-state index < -0.39 is 0 Å². The fourth-order valence-electron chi connectivity index (χ4n) is 3.46. The lowest BCUT2D eigenvalue weighted by molar-refractivity contribution is -0.130. The maximum Gasteiger partial charge on any atom is 0.251 e. The molecule has 1 aliphatic rings. The molecule has 0 saturated carbocycles. The zero-order chi connectivity index (χ0) is 18.4. The highest BCUT2D eigenvalue weighted by molar-refractivity contribution is 5.94. The van der Waals surface area contributed by atoms with Gasteiger partial charge in [-0.15, -0.1) is 0 Å². The van der Waals surface area contributed by atoms with Crippen LogP contribution in [0.3, 0.4) is 0 Å². The number of nitrogens with one attached hydrogen (secondary N) is 1. The van der Waals surface area contributed by atoms with E-state index in [1.807, 2.05) is 47.4 Å². The normalized spacial score (nSPS) is 14.9. The van der Waals surface area contributed by atoms with Crippen molar-refractivity contribution in [2.24, 2.45) is 5.92 Å². The van der Waals surface area contributed by atoms with Crippen LogP contribution in [-0.4, -0.2) is 29.8 Å². The Bertz CT molecular complexity index is 732. The molecule has 0 bridgehead atoms. The molecule has 3 rings (SSSR count). The van der Waals surface area contributed by atoms with Gasteiger partial charge in [0.05, 0.1) is 0 Å². The van der Waals surface area contributed by atoms with Crippen molar-refractivity contribution in [1.29, 1.82) is 0 Å². The topological polar surface area (TPSA) is 49.4 Å². The predicted octanol–water partition coefficient (Wildman–Crippen LogP) is 3.42. The molecule has 1 aliphatic heterocycles. The summed E-state index contributed by atoms with van der Waals surface area (Å²) < 4.78 is 0. The second-order valence-corrected chi connectivity index (χ2v) is 7.02. The largest absolute Gasteiger partial charge is 0.348 e. The summed E-state index contributed by atoms with van der Waals surface area (Å²) in [6.45, 7) is 3.90. The first-order chi connectivity index (χ1) is 12.6. The Morgan fingerprint density at radius 1 is 0.962 bits per heavy atom. The van der Waals surface area contributed by atoms with E-state index >= 15 is 0 Å². The zero-order valence-corrected chi connectivity index (χ0v) is 15.3. The molecular formula is C22H26N2O2. The van der Waals surface area contributed by atoms with Crippen LogP contribution >= 0.6 is 0 Å². The lowest BCUT2D eigenvalue weighted by Gasteiger charge is -2.31. The molecule has 0 spiro atoms. The summed E-state index contributed by atoms with van der Waals surface area (Å²) in [6.07, 6.45) is 3.12. The smallest absolute Gasteiger partial charge is 0.251 e. The molecular weight excluding hydrogens is 324 g/mol. The number of carbonyl (C=O) groups is 2. The van der Waals surface area contributed by atoms with Crippen molar-refractivity contribution in [1.82, 2.24) is 10.2 Å². The lowest BCUT2D eigenvalue weighted by atomic mass is 9.90. The number of likely N-dealkylation sites (tertiary alicyclic amines) is 1. The molecule has 136 valence electrons. The molecule has 2 aromatic rings. The van der Waals surface area contributed by atoms with Crippen molar-refractivity contribution < 1.29 is 9.59 Å². The molecule has 0 radical (unpaired) electrons. The summed E-state index contributed by atoms with van der Waals surface area (Å²) in [7, 11) is 0. The first kappa shape index (κ1) is 18.2. The van der Waals surface area contributed by atoms with Crippen LogP contribution in [0, 0.1) is 5.92 Å². The van der Waals surface area contributed by atoms with Crippen molar-refractivity contribution in [2.75, 3.05) is 13.1 Å². The van der Waals surface area contributed by atoms with Gasteiger partial charge < -0.3 is 10.2 Å². The summed E-state index contributed by atoms with van der Waals surface area (Å²) in [5, 5.41) is 2.96. The van der Waals surface area contributed by atoms with E-state index in [-0.39, 0.29) is 11.8 Å². The molecule has 26 heavy (non-hydrogen) atoms. The number of carbonyl (C=O) groups excluding carboxylic acids is 2. The molecule has 1 N–H and O–H groups in total. The van der Waals surface area contributed by atoms with Gasteiger partial charge in [0.15, 0.2) is 0 Å². The highest BCUT2D eigenvalue weighted by atomic mass is 16.2. The van der Waals surface area contributed by atoms with Crippen molar-refractivity contribution in [3.05, 3.63) is 71.3 Å². The van der Waals surface area contributed by atoms with Crippen molar-refractivity contribution >= 4 is 11.8 Å². The van der Waals surface area contributed by atoms with Crippen LogP contribution in [-0.2, 0) is 17.8 Å². The maximum atomic E-state index is 12.3. The number of piperidine rings is 1. The molecule has 1 heterocycles. The second kappa shape index (κ2) is 8.65. The fraction of sp³-hybridized carbons (Fsp3) is 0.364. The molecule has 1 fully saturated rings. The number of hydrogen-bond acceptors (Lipinski definition) is 2. The van der Waals surface area contributed by atoms with Gasteiger partial charge in [-0.05, 0) is 48.4 Å². The summed E-state index contributed by atoms with van der Waals surface area (Å²) in [4.78, 5) is 25.6. The molecule has 1 saturated heterocycles. The maximum absolute atomic E-state index is 12.3. The molecule has 0 unspecified atom stereocenters. The predicted molar refractivity (Wildman–Crippen MR) is 103 cm³/mol. The van der Waals surface area contributed by atoms with Gasteiger partial charge in [-0.3, -0.25) is 9.59 Å². The number of benzene rings is 2. The van der Waals surface area contributed by atoms with E-state index in [0.29, 0.717) is 18.0 Å². The summed E-state index contributed by atoms with van der Waals surface area (Å²) in [6, 6.07) is 17.8. The average molecular weight is 350 g/mol. The third kappa shape index (κ3) is 4.94. The quantitative estimate of drug-likeness (QED) is 0.898. The molecule has 2 amide bonds. The SMILES string of the molecule is CC(=O)N1CCC(Cc2ccc(C(=O)NCc3ccccc3)cc2)CC1. The zero-order valence-electron chi connectivity index (χ0n) is 15.3. The Hall–Kier alpha value is -2.62. The van der Waals surface area contributed by atoms with Crippen LogP contribution in [0.25, 0.3) is 0 Å². The Morgan fingerprint density at radius 3 is 2.23 bits per heavy atom. The Balaban J connectivity index is 1.49. The second-order valence-electron chi connectivity index (χ2n) is 7.02. The van der Waals surface area contributed by atoms with Crippen molar-refractivity contribution in [2.45, 2.75) is 32.7 Å². The monoisotopic (exact) mass is 350 g/mol. The Labute approximate surface area is 155 Å². The highest BCUT2D eigenvalue weighted by Crippen LogP contribution is 2.22. The summed E-state index contributed by atoms with van der Waals surface area (Å²) in [5.74, 6) is 0.743. The molecule has 4 nitrogen and oxygen atoms in total. The lowest BCUT2D eigenvalue weighted by Crippen LogP contribution is -2.37. The minimum absolute atomic E-state index is 0.0461.